The van der Waals surface area contributed by atoms with E-state index in [1.54, 1.807) is 17.4 Å². The van der Waals surface area contributed by atoms with Crippen molar-refractivity contribution in [1.82, 2.24) is 4.98 Å². The second-order valence-electron chi connectivity index (χ2n) is 7.01. The molecular formula is C19H22N2O3S. The summed E-state index contributed by atoms with van der Waals surface area (Å²) in [7, 11) is 0. The molecule has 6 heteroatoms. The highest BCUT2D eigenvalue weighted by molar-refractivity contribution is 7.14. The first-order valence-electron chi connectivity index (χ1n) is 8.71. The van der Waals surface area contributed by atoms with E-state index in [4.69, 9.17) is 9.72 Å². The van der Waals surface area contributed by atoms with Crippen LogP contribution in [0, 0.1) is 18.3 Å². The van der Waals surface area contributed by atoms with Gasteiger partial charge in [0.1, 0.15) is 5.75 Å². The molecule has 0 unspecified atom stereocenters. The molecule has 1 aliphatic carbocycles. The molecule has 1 aliphatic heterocycles. The summed E-state index contributed by atoms with van der Waals surface area (Å²) >= 11 is 1.59. The highest BCUT2D eigenvalue weighted by atomic mass is 32.1. The molecule has 2 aromatic rings. The minimum Gasteiger partial charge on any atom is -0.507 e. The lowest BCUT2D eigenvalue weighted by atomic mass is 9.95. The fraction of sp³-hybridized carbons (Fsp3) is 0.474. The third-order valence-electron chi connectivity index (χ3n) is 5.37. The monoisotopic (exact) mass is 358 g/mol. The Bertz CT molecular complexity index is 819. The van der Waals surface area contributed by atoms with Crippen molar-refractivity contribution < 1.29 is 14.6 Å². The van der Waals surface area contributed by atoms with Gasteiger partial charge in [-0.1, -0.05) is 11.6 Å². The Morgan fingerprint density at radius 3 is 3.12 bits per heavy atom. The number of phenolic OH excluding ortho intramolecular Hbond substituents is 1. The van der Waals surface area contributed by atoms with E-state index in [0.29, 0.717) is 12.5 Å². The van der Waals surface area contributed by atoms with E-state index in [9.17, 15) is 9.90 Å². The number of fused-ring (bicyclic) bond motifs is 1. The zero-order valence-electron chi connectivity index (χ0n) is 14.5. The molecule has 2 fully saturated rings. The molecule has 0 radical (unpaired) electrons. The number of benzene rings is 1. The third-order valence-corrected chi connectivity index (χ3v) is 6.27. The number of carbonyl (C=O) groups excluding carboxylic acids is 1. The first-order chi connectivity index (χ1) is 12.0. The summed E-state index contributed by atoms with van der Waals surface area (Å²) in [5, 5.41) is 13.1. The SMILES string of the molecule is CCOC(=O)[C@@]12CCN(c3nc(-c4cc(C)ccc4O)cs3)C[C@@H]1C2. The molecule has 0 bridgehead atoms. The van der Waals surface area contributed by atoms with Crippen LogP contribution in [0.15, 0.2) is 23.6 Å². The van der Waals surface area contributed by atoms with Crippen LogP contribution in [0.4, 0.5) is 5.13 Å². The van der Waals surface area contributed by atoms with Crippen LogP contribution < -0.4 is 4.90 Å². The number of thiazole rings is 1. The lowest BCUT2D eigenvalue weighted by molar-refractivity contribution is -0.150. The fourth-order valence-electron chi connectivity index (χ4n) is 3.81. The van der Waals surface area contributed by atoms with E-state index < -0.39 is 0 Å². The minimum atomic E-state index is -0.235. The standard InChI is InChI=1S/C19H22N2O3S/c1-3-24-17(23)19-6-7-21(10-13(19)9-19)18-20-15(11-25-18)14-8-12(2)4-5-16(14)22/h4-5,8,11,13,22H,3,6-7,9-10H2,1-2H3/t13-,19+/m0/s1. The van der Waals surface area contributed by atoms with Gasteiger partial charge in [0.2, 0.25) is 0 Å². The van der Waals surface area contributed by atoms with Gasteiger partial charge in [-0.05, 0) is 44.7 Å². The molecule has 2 atom stereocenters. The zero-order chi connectivity index (χ0) is 17.6. The Hall–Kier alpha value is -2.08. The molecule has 25 heavy (non-hydrogen) atoms. The Morgan fingerprint density at radius 2 is 2.36 bits per heavy atom. The number of anilines is 1. The lowest BCUT2D eigenvalue weighted by Crippen LogP contribution is -2.38. The van der Waals surface area contributed by atoms with Crippen LogP contribution in [0.25, 0.3) is 11.3 Å². The van der Waals surface area contributed by atoms with E-state index >= 15 is 0 Å². The van der Waals surface area contributed by atoms with Crippen LogP contribution in [0.3, 0.4) is 0 Å². The maximum atomic E-state index is 12.2. The van der Waals surface area contributed by atoms with Crippen LogP contribution in [0.1, 0.15) is 25.3 Å². The summed E-state index contributed by atoms with van der Waals surface area (Å²) in [4.78, 5) is 19.2. The zero-order valence-corrected chi connectivity index (χ0v) is 15.3. The molecule has 4 rings (SSSR count). The summed E-state index contributed by atoms with van der Waals surface area (Å²) in [6, 6.07) is 5.55. The van der Waals surface area contributed by atoms with Gasteiger partial charge in [0.25, 0.3) is 0 Å². The maximum absolute atomic E-state index is 12.2. The van der Waals surface area contributed by atoms with Gasteiger partial charge in [-0.15, -0.1) is 11.3 Å². The number of aromatic hydroxyl groups is 1. The molecule has 2 heterocycles. The number of nitrogens with zero attached hydrogens (tertiary/aromatic N) is 2. The largest absolute Gasteiger partial charge is 0.507 e. The van der Waals surface area contributed by atoms with Crippen molar-refractivity contribution in [3.05, 3.63) is 29.1 Å². The predicted octanol–water partition coefficient (Wildman–Crippen LogP) is 3.60. The van der Waals surface area contributed by atoms with Crippen molar-refractivity contribution in [2.45, 2.75) is 26.7 Å². The Labute approximate surface area is 151 Å². The van der Waals surface area contributed by atoms with Crippen LogP contribution in [0.2, 0.25) is 0 Å². The number of phenols is 1. The summed E-state index contributed by atoms with van der Waals surface area (Å²) in [5.74, 6) is 0.605. The molecule has 2 aliphatic rings. The predicted molar refractivity (Wildman–Crippen MR) is 98.0 cm³/mol. The van der Waals surface area contributed by atoms with E-state index in [0.717, 1.165) is 47.9 Å². The third kappa shape index (κ3) is 2.78. The van der Waals surface area contributed by atoms with Gasteiger partial charge in [-0.3, -0.25) is 4.79 Å². The molecule has 1 saturated heterocycles. The summed E-state index contributed by atoms with van der Waals surface area (Å²) in [5.41, 5.74) is 2.44. The van der Waals surface area contributed by atoms with Crippen LogP contribution in [0.5, 0.6) is 5.75 Å². The average Bonchev–Trinajstić information content (AvgIpc) is 3.15. The molecule has 5 nitrogen and oxygen atoms in total. The summed E-state index contributed by atoms with van der Waals surface area (Å²) < 4.78 is 5.26. The molecule has 132 valence electrons. The van der Waals surface area contributed by atoms with E-state index in [2.05, 4.69) is 4.90 Å². The first-order valence-corrected chi connectivity index (χ1v) is 9.59. The first kappa shape index (κ1) is 16.4. The van der Waals surface area contributed by atoms with Crippen molar-refractivity contribution in [1.29, 1.82) is 0 Å². The summed E-state index contributed by atoms with van der Waals surface area (Å²) in [6.45, 7) is 5.99. The summed E-state index contributed by atoms with van der Waals surface area (Å²) in [6.07, 6.45) is 1.76. The van der Waals surface area contributed by atoms with E-state index in [-0.39, 0.29) is 17.1 Å². The molecular weight excluding hydrogens is 336 g/mol. The number of carbonyl (C=O) groups is 1. The topological polar surface area (TPSA) is 62.7 Å². The number of hydrogen-bond donors (Lipinski definition) is 1. The highest BCUT2D eigenvalue weighted by Gasteiger charge is 2.63. The smallest absolute Gasteiger partial charge is 0.312 e. The Kier molecular flexibility index (Phi) is 3.95. The lowest BCUT2D eigenvalue weighted by Gasteiger charge is -2.30. The highest BCUT2D eigenvalue weighted by Crippen LogP contribution is 2.59. The van der Waals surface area contributed by atoms with E-state index in [1.165, 1.54) is 0 Å². The van der Waals surface area contributed by atoms with Gasteiger partial charge in [-0.2, -0.15) is 0 Å². The van der Waals surface area contributed by atoms with Crippen LogP contribution in [-0.2, 0) is 9.53 Å². The van der Waals surface area contributed by atoms with Crippen molar-refractivity contribution in [2.24, 2.45) is 11.3 Å². The number of aryl methyl sites for hydroxylation is 1. The minimum absolute atomic E-state index is 0.0239. The molecule has 0 spiro atoms. The number of ether oxygens (including phenoxy) is 1. The van der Waals surface area contributed by atoms with Crippen molar-refractivity contribution >= 4 is 22.4 Å². The van der Waals surface area contributed by atoms with Gasteiger partial charge in [0.15, 0.2) is 5.13 Å². The maximum Gasteiger partial charge on any atom is 0.312 e. The molecule has 1 N–H and O–H groups in total. The van der Waals surface area contributed by atoms with Gasteiger partial charge in [0, 0.05) is 24.0 Å². The fourth-order valence-corrected chi connectivity index (χ4v) is 4.67. The van der Waals surface area contributed by atoms with Gasteiger partial charge in [0.05, 0.1) is 17.7 Å². The molecule has 1 aromatic heterocycles. The van der Waals surface area contributed by atoms with Gasteiger partial charge in [-0.25, -0.2) is 4.98 Å². The number of esters is 1. The van der Waals surface area contributed by atoms with Crippen LogP contribution in [-0.4, -0.2) is 35.8 Å². The van der Waals surface area contributed by atoms with Gasteiger partial charge >= 0.3 is 5.97 Å². The number of piperidine rings is 1. The second-order valence-corrected chi connectivity index (χ2v) is 7.85. The molecule has 1 saturated carbocycles. The molecule has 0 amide bonds. The normalized spacial score (nSPS) is 24.7. The van der Waals surface area contributed by atoms with Gasteiger partial charge < -0.3 is 14.7 Å². The van der Waals surface area contributed by atoms with Crippen LogP contribution >= 0.6 is 11.3 Å². The van der Waals surface area contributed by atoms with Crippen molar-refractivity contribution in [3.8, 4) is 17.0 Å². The Balaban J connectivity index is 1.49. The average molecular weight is 358 g/mol. The number of rotatable bonds is 4. The number of hydrogen-bond acceptors (Lipinski definition) is 6. The van der Waals surface area contributed by atoms with Crippen molar-refractivity contribution in [2.75, 3.05) is 24.6 Å². The molecule has 1 aromatic carbocycles. The second kappa shape index (κ2) is 6.02. The number of aromatic nitrogens is 1. The quantitative estimate of drug-likeness (QED) is 0.846. The van der Waals surface area contributed by atoms with E-state index in [1.807, 2.05) is 31.4 Å². The Morgan fingerprint density at radius 1 is 1.52 bits per heavy atom. The van der Waals surface area contributed by atoms with Crippen molar-refractivity contribution in [3.63, 3.8) is 0 Å².